The van der Waals surface area contributed by atoms with Crippen molar-refractivity contribution < 1.29 is 5.11 Å². The molecular formula is C22H27N7O. The van der Waals surface area contributed by atoms with E-state index in [0.717, 1.165) is 46.4 Å². The van der Waals surface area contributed by atoms with E-state index in [4.69, 9.17) is 5.73 Å². The lowest BCUT2D eigenvalue weighted by atomic mass is 9.90. The van der Waals surface area contributed by atoms with Crippen LogP contribution in [0.25, 0.3) is 10.9 Å². The number of hydrazone groups is 1. The van der Waals surface area contributed by atoms with Gasteiger partial charge in [-0.3, -0.25) is 15.7 Å². The van der Waals surface area contributed by atoms with Gasteiger partial charge in [-0.25, -0.2) is 0 Å². The molecule has 1 aromatic heterocycles. The summed E-state index contributed by atoms with van der Waals surface area (Å²) in [5, 5.41) is 26.3. The molecule has 2 unspecified atom stereocenters. The Morgan fingerprint density at radius 3 is 2.93 bits per heavy atom. The van der Waals surface area contributed by atoms with Crippen molar-refractivity contribution in [3.8, 4) is 0 Å². The van der Waals surface area contributed by atoms with E-state index in [1.54, 1.807) is 12.4 Å². The van der Waals surface area contributed by atoms with Crippen LogP contribution in [0.2, 0.25) is 0 Å². The van der Waals surface area contributed by atoms with Crippen LogP contribution in [0.1, 0.15) is 25.7 Å². The molecule has 1 fully saturated rings. The molecule has 0 bridgehead atoms. The van der Waals surface area contributed by atoms with Gasteiger partial charge in [-0.1, -0.05) is 18.9 Å². The van der Waals surface area contributed by atoms with Crippen LogP contribution in [0.3, 0.4) is 0 Å². The molecule has 2 aliphatic heterocycles. The number of benzene rings is 1. The molecule has 5 rings (SSSR count). The second kappa shape index (κ2) is 8.06. The van der Waals surface area contributed by atoms with E-state index in [0.29, 0.717) is 0 Å². The fraction of sp³-hybridized carbons (Fsp3) is 0.364. The summed E-state index contributed by atoms with van der Waals surface area (Å²) < 4.78 is 0. The second-order valence-corrected chi connectivity index (χ2v) is 8.04. The maximum atomic E-state index is 10.6. The summed E-state index contributed by atoms with van der Waals surface area (Å²) in [5.74, 6) is 0.733. The minimum Gasteiger partial charge on any atom is -0.368 e. The molecule has 8 nitrogen and oxygen atoms in total. The number of aliphatic hydroxyl groups is 1. The van der Waals surface area contributed by atoms with Gasteiger partial charge in [-0.15, -0.1) is 0 Å². The first kappa shape index (κ1) is 19.0. The molecule has 30 heavy (non-hydrogen) atoms. The van der Waals surface area contributed by atoms with E-state index >= 15 is 0 Å². The first-order chi connectivity index (χ1) is 14.7. The number of hydrogen-bond donors (Lipinski definition) is 6. The lowest BCUT2D eigenvalue weighted by Gasteiger charge is -2.37. The Hall–Kier alpha value is -2.94. The van der Waals surface area contributed by atoms with Crippen molar-refractivity contribution in [2.75, 3.05) is 5.32 Å². The van der Waals surface area contributed by atoms with Gasteiger partial charge < -0.3 is 21.5 Å². The highest BCUT2D eigenvalue weighted by molar-refractivity contribution is 5.93. The van der Waals surface area contributed by atoms with E-state index in [-0.39, 0.29) is 18.2 Å². The fourth-order valence-corrected chi connectivity index (χ4v) is 4.48. The molecule has 2 aromatic rings. The average Bonchev–Trinajstić information content (AvgIpc) is 2.76. The number of aromatic nitrogens is 1. The first-order valence-electron chi connectivity index (χ1n) is 10.5. The van der Waals surface area contributed by atoms with Crippen LogP contribution in [0, 0.1) is 0 Å². The number of fused-ring (bicyclic) bond motifs is 2. The highest BCUT2D eigenvalue weighted by atomic mass is 16.3. The smallest absolute Gasteiger partial charge is 0.169 e. The number of nitrogens with zero attached hydrogens (tertiary/aromatic N) is 2. The van der Waals surface area contributed by atoms with E-state index in [9.17, 15) is 5.11 Å². The van der Waals surface area contributed by atoms with Crippen molar-refractivity contribution >= 4 is 22.8 Å². The van der Waals surface area contributed by atoms with Gasteiger partial charge in [0.05, 0.1) is 23.5 Å². The highest BCUT2D eigenvalue weighted by Crippen LogP contribution is 2.28. The van der Waals surface area contributed by atoms with Gasteiger partial charge in [0.15, 0.2) is 6.23 Å². The summed E-state index contributed by atoms with van der Waals surface area (Å²) in [6.45, 7) is 0. The van der Waals surface area contributed by atoms with Crippen LogP contribution < -0.4 is 27.1 Å². The number of nitrogens with one attached hydrogen (secondary N) is 4. The molecule has 1 aliphatic carbocycles. The van der Waals surface area contributed by atoms with E-state index in [1.165, 1.54) is 12.8 Å². The van der Waals surface area contributed by atoms with Crippen molar-refractivity contribution in [2.45, 2.75) is 50.2 Å². The number of anilines is 1. The average molecular weight is 406 g/mol. The zero-order valence-electron chi connectivity index (χ0n) is 16.7. The quantitative estimate of drug-likeness (QED) is 0.456. The lowest BCUT2D eigenvalue weighted by Crippen LogP contribution is -2.56. The summed E-state index contributed by atoms with van der Waals surface area (Å²) >= 11 is 0. The maximum Gasteiger partial charge on any atom is 0.169 e. The van der Waals surface area contributed by atoms with Crippen molar-refractivity contribution in [1.29, 1.82) is 0 Å². The Labute approximate surface area is 175 Å². The first-order valence-corrected chi connectivity index (χ1v) is 10.5. The summed E-state index contributed by atoms with van der Waals surface area (Å²) in [6, 6.07) is 10.3. The SMILES string of the molecule is N[C@H]1CCCC[C@H]1NC1C=C2C=NNC(O)C2=C(Nc2cccc3ncccc23)N1. The highest BCUT2D eigenvalue weighted by Gasteiger charge is 2.31. The molecule has 8 heteroatoms. The van der Waals surface area contributed by atoms with Crippen molar-refractivity contribution in [2.24, 2.45) is 10.8 Å². The van der Waals surface area contributed by atoms with Gasteiger partial charge in [0.1, 0.15) is 5.82 Å². The molecule has 156 valence electrons. The van der Waals surface area contributed by atoms with E-state index in [1.807, 2.05) is 30.3 Å². The minimum absolute atomic E-state index is 0.120. The molecule has 7 N–H and O–H groups in total. The predicted molar refractivity (Wildman–Crippen MR) is 118 cm³/mol. The largest absolute Gasteiger partial charge is 0.368 e. The van der Waals surface area contributed by atoms with Gasteiger partial charge >= 0.3 is 0 Å². The molecule has 3 heterocycles. The van der Waals surface area contributed by atoms with Crippen molar-refractivity contribution in [3.05, 3.63) is 59.6 Å². The Bertz CT molecular complexity index is 1030. The number of rotatable bonds is 4. The predicted octanol–water partition coefficient (Wildman–Crippen LogP) is 1.48. The fourth-order valence-electron chi connectivity index (χ4n) is 4.48. The van der Waals surface area contributed by atoms with Crippen LogP contribution in [0.15, 0.2) is 64.7 Å². The summed E-state index contributed by atoms with van der Waals surface area (Å²) in [4.78, 5) is 4.44. The summed E-state index contributed by atoms with van der Waals surface area (Å²) in [5.41, 5.74) is 12.5. The molecular weight excluding hydrogens is 378 g/mol. The van der Waals surface area contributed by atoms with Gasteiger partial charge in [-0.2, -0.15) is 5.10 Å². The topological polar surface area (TPSA) is 120 Å². The zero-order chi connectivity index (χ0) is 20.5. The molecule has 3 aliphatic rings. The number of aliphatic hydroxyl groups excluding tert-OH is 1. The Balaban J connectivity index is 1.47. The molecule has 1 aromatic carbocycles. The molecule has 0 spiro atoms. The van der Waals surface area contributed by atoms with Gasteiger partial charge in [0, 0.05) is 34.9 Å². The van der Waals surface area contributed by atoms with E-state index < -0.39 is 6.23 Å². The van der Waals surface area contributed by atoms with Gasteiger partial charge in [0.2, 0.25) is 0 Å². The molecule has 0 radical (unpaired) electrons. The van der Waals surface area contributed by atoms with Crippen LogP contribution in [-0.4, -0.2) is 40.8 Å². The molecule has 0 amide bonds. The Morgan fingerprint density at radius 1 is 1.13 bits per heavy atom. The zero-order valence-corrected chi connectivity index (χ0v) is 16.7. The van der Waals surface area contributed by atoms with Crippen molar-refractivity contribution in [1.82, 2.24) is 21.0 Å². The third-order valence-corrected chi connectivity index (χ3v) is 6.02. The van der Waals surface area contributed by atoms with E-state index in [2.05, 4.69) is 37.5 Å². The minimum atomic E-state index is -0.901. The van der Waals surface area contributed by atoms with Crippen LogP contribution in [0.4, 0.5) is 5.69 Å². The number of dihydropyridines is 1. The maximum absolute atomic E-state index is 10.6. The third kappa shape index (κ3) is 3.65. The second-order valence-electron chi connectivity index (χ2n) is 8.04. The Morgan fingerprint density at radius 2 is 2.03 bits per heavy atom. The van der Waals surface area contributed by atoms with Crippen LogP contribution >= 0.6 is 0 Å². The number of hydrogen-bond acceptors (Lipinski definition) is 8. The number of pyridine rings is 1. The molecule has 4 atom stereocenters. The van der Waals surface area contributed by atoms with Crippen LogP contribution in [0.5, 0.6) is 0 Å². The molecule has 0 saturated heterocycles. The third-order valence-electron chi connectivity index (χ3n) is 6.02. The monoisotopic (exact) mass is 405 g/mol. The summed E-state index contributed by atoms with van der Waals surface area (Å²) in [7, 11) is 0. The normalized spacial score (nSPS) is 28.4. The Kier molecular flexibility index (Phi) is 5.12. The van der Waals surface area contributed by atoms with Gasteiger partial charge in [-0.05, 0) is 43.2 Å². The van der Waals surface area contributed by atoms with Crippen molar-refractivity contribution in [3.63, 3.8) is 0 Å². The molecule has 1 saturated carbocycles. The standard InChI is InChI=1S/C22H27N7O/c23-15-6-1-2-7-18(15)26-19-11-13-12-25-29-22(30)20(13)21(28-19)27-17-9-3-8-16-14(17)5-4-10-24-16/h3-5,8-12,15,18-19,22,26-30H,1-2,6-7,23H2/t15-,18+,19?,22?/m0/s1. The lowest BCUT2D eigenvalue weighted by molar-refractivity contribution is 0.172. The van der Waals surface area contributed by atoms with Crippen LogP contribution in [-0.2, 0) is 0 Å². The van der Waals surface area contributed by atoms with Gasteiger partial charge in [0.25, 0.3) is 0 Å². The number of nitrogens with two attached hydrogens (primary N) is 1. The summed E-state index contributed by atoms with van der Waals surface area (Å²) in [6.07, 6.45) is 9.04.